The molecule has 0 saturated heterocycles. The number of benzene rings is 2. The van der Waals surface area contributed by atoms with E-state index in [-0.39, 0.29) is 11.0 Å². The van der Waals surface area contributed by atoms with E-state index in [0.717, 1.165) is 0 Å². The fourth-order valence-electron chi connectivity index (χ4n) is 2.10. The number of ether oxygens (including phenoxy) is 1. The van der Waals surface area contributed by atoms with Gasteiger partial charge in [-0.15, -0.1) is 0 Å². The van der Waals surface area contributed by atoms with Crippen LogP contribution >= 0.6 is 28.1 Å². The molecule has 2 amide bonds. The summed E-state index contributed by atoms with van der Waals surface area (Å²) in [6.07, 6.45) is 0. The highest BCUT2D eigenvalue weighted by Crippen LogP contribution is 2.26. The van der Waals surface area contributed by atoms with Crippen molar-refractivity contribution in [3.63, 3.8) is 0 Å². The first-order valence-electron chi connectivity index (χ1n) is 8.21. The molecule has 4 N–H and O–H groups in total. The van der Waals surface area contributed by atoms with E-state index in [0.29, 0.717) is 39.6 Å². The number of nitrogens with two attached hydrogens (primary N) is 1. The third-order valence-electron chi connectivity index (χ3n) is 3.40. The van der Waals surface area contributed by atoms with Gasteiger partial charge in [0.15, 0.2) is 5.11 Å². The Morgan fingerprint density at radius 1 is 1.19 bits per heavy atom. The van der Waals surface area contributed by atoms with Crippen molar-refractivity contribution in [3.05, 3.63) is 58.1 Å². The third kappa shape index (κ3) is 6.33. The predicted octanol–water partition coefficient (Wildman–Crippen LogP) is 3.71. The summed E-state index contributed by atoms with van der Waals surface area (Å²) in [7, 11) is 0. The Labute approximate surface area is 171 Å². The SMILES string of the molecule is CC(C)COc1ccc(C(=O)NC(=S)Nc2cccc(C(N)=O)c2)cc1Br. The van der Waals surface area contributed by atoms with Gasteiger partial charge in [-0.1, -0.05) is 19.9 Å². The minimum atomic E-state index is -0.543. The lowest BCUT2D eigenvalue weighted by molar-refractivity contribution is 0.0974. The predicted molar refractivity (Wildman–Crippen MR) is 113 cm³/mol. The first kappa shape index (κ1) is 20.9. The molecule has 2 aromatic rings. The fraction of sp³-hybridized carbons (Fsp3) is 0.211. The summed E-state index contributed by atoms with van der Waals surface area (Å²) < 4.78 is 6.35. The van der Waals surface area contributed by atoms with Crippen LogP contribution in [0.3, 0.4) is 0 Å². The molecular weight excluding hydrogens is 430 g/mol. The number of nitrogens with one attached hydrogen (secondary N) is 2. The van der Waals surface area contributed by atoms with E-state index in [9.17, 15) is 9.59 Å². The van der Waals surface area contributed by atoms with Crippen LogP contribution in [0.1, 0.15) is 34.6 Å². The average Bonchev–Trinajstić information content (AvgIpc) is 2.60. The maximum absolute atomic E-state index is 12.4. The molecule has 0 atom stereocenters. The lowest BCUT2D eigenvalue weighted by atomic mass is 10.2. The Bertz CT molecular complexity index is 871. The van der Waals surface area contributed by atoms with Gasteiger partial charge >= 0.3 is 0 Å². The van der Waals surface area contributed by atoms with Gasteiger partial charge in [0.1, 0.15) is 5.75 Å². The zero-order chi connectivity index (χ0) is 20.0. The third-order valence-corrected chi connectivity index (χ3v) is 4.22. The number of primary amides is 1. The van der Waals surface area contributed by atoms with Crippen LogP contribution < -0.4 is 21.1 Å². The monoisotopic (exact) mass is 449 g/mol. The number of hydrogen-bond acceptors (Lipinski definition) is 4. The smallest absolute Gasteiger partial charge is 0.257 e. The number of rotatable bonds is 6. The van der Waals surface area contributed by atoms with E-state index in [1.807, 2.05) is 0 Å². The molecule has 2 rings (SSSR count). The standard InChI is InChI=1S/C19H20BrN3O3S/c1-11(2)10-26-16-7-6-13(9-15(16)20)18(25)23-19(27)22-14-5-3-4-12(8-14)17(21)24/h3-9,11H,10H2,1-2H3,(H2,21,24)(H2,22,23,25,27). The topological polar surface area (TPSA) is 93.4 Å². The van der Waals surface area contributed by atoms with Crippen molar-refractivity contribution in [2.24, 2.45) is 11.7 Å². The molecule has 2 aromatic carbocycles. The van der Waals surface area contributed by atoms with Crippen molar-refractivity contribution in [2.45, 2.75) is 13.8 Å². The zero-order valence-electron chi connectivity index (χ0n) is 14.9. The van der Waals surface area contributed by atoms with E-state index < -0.39 is 5.91 Å². The van der Waals surface area contributed by atoms with Gasteiger partial charge in [0.25, 0.3) is 5.91 Å². The van der Waals surface area contributed by atoms with Crippen LogP contribution in [0.5, 0.6) is 5.75 Å². The molecule has 0 spiro atoms. The lowest BCUT2D eigenvalue weighted by Gasteiger charge is -2.13. The molecule has 0 aliphatic carbocycles. The van der Waals surface area contributed by atoms with Gasteiger partial charge in [-0.05, 0) is 70.5 Å². The van der Waals surface area contributed by atoms with E-state index in [4.69, 9.17) is 22.7 Å². The fourth-order valence-corrected chi connectivity index (χ4v) is 2.81. The van der Waals surface area contributed by atoms with Gasteiger partial charge in [-0.2, -0.15) is 0 Å². The molecule has 0 aromatic heterocycles. The van der Waals surface area contributed by atoms with Crippen LogP contribution in [0, 0.1) is 5.92 Å². The maximum Gasteiger partial charge on any atom is 0.257 e. The van der Waals surface area contributed by atoms with Crippen LogP contribution in [-0.2, 0) is 0 Å². The van der Waals surface area contributed by atoms with Gasteiger partial charge in [-0.25, -0.2) is 0 Å². The molecule has 0 saturated carbocycles. The van der Waals surface area contributed by atoms with Gasteiger partial charge in [-0.3, -0.25) is 14.9 Å². The summed E-state index contributed by atoms with van der Waals surface area (Å²) in [6.45, 7) is 4.70. The van der Waals surface area contributed by atoms with Gasteiger partial charge in [0.05, 0.1) is 11.1 Å². The summed E-state index contributed by atoms with van der Waals surface area (Å²) >= 11 is 8.56. The number of carbonyl (C=O) groups excluding carboxylic acids is 2. The van der Waals surface area contributed by atoms with Crippen molar-refractivity contribution in [3.8, 4) is 5.75 Å². The Morgan fingerprint density at radius 3 is 2.56 bits per heavy atom. The minimum absolute atomic E-state index is 0.109. The van der Waals surface area contributed by atoms with Crippen LogP contribution in [-0.4, -0.2) is 23.5 Å². The maximum atomic E-state index is 12.4. The number of amides is 2. The number of anilines is 1. The van der Waals surface area contributed by atoms with Crippen LogP contribution in [0.2, 0.25) is 0 Å². The van der Waals surface area contributed by atoms with Gasteiger partial charge < -0.3 is 15.8 Å². The largest absolute Gasteiger partial charge is 0.492 e. The quantitative estimate of drug-likeness (QED) is 0.584. The highest BCUT2D eigenvalue weighted by atomic mass is 79.9. The molecule has 6 nitrogen and oxygen atoms in total. The molecule has 8 heteroatoms. The molecule has 0 fully saturated rings. The van der Waals surface area contributed by atoms with Crippen molar-refractivity contribution in [2.75, 3.05) is 11.9 Å². The number of hydrogen-bond donors (Lipinski definition) is 3. The van der Waals surface area contributed by atoms with E-state index in [1.165, 1.54) is 0 Å². The van der Waals surface area contributed by atoms with Crippen molar-refractivity contribution < 1.29 is 14.3 Å². The Morgan fingerprint density at radius 2 is 1.93 bits per heavy atom. The Hall–Kier alpha value is -2.45. The van der Waals surface area contributed by atoms with Crippen LogP contribution in [0.4, 0.5) is 5.69 Å². The molecule has 0 aliphatic heterocycles. The second kappa shape index (κ2) is 9.48. The summed E-state index contributed by atoms with van der Waals surface area (Å²) in [5.41, 5.74) is 6.57. The average molecular weight is 450 g/mol. The van der Waals surface area contributed by atoms with Crippen LogP contribution in [0.15, 0.2) is 46.9 Å². The zero-order valence-corrected chi connectivity index (χ0v) is 17.3. The second-order valence-electron chi connectivity index (χ2n) is 6.20. The van der Waals surface area contributed by atoms with E-state index in [2.05, 4.69) is 40.4 Å². The number of thiocarbonyl (C=S) groups is 1. The molecular formula is C19H20BrN3O3S. The summed E-state index contributed by atoms with van der Waals surface area (Å²) in [6, 6.07) is 11.6. The lowest BCUT2D eigenvalue weighted by Crippen LogP contribution is -2.34. The summed E-state index contributed by atoms with van der Waals surface area (Å²) in [5.74, 6) is 0.161. The highest BCUT2D eigenvalue weighted by Gasteiger charge is 2.12. The first-order chi connectivity index (χ1) is 12.8. The number of halogens is 1. The molecule has 0 aliphatic rings. The van der Waals surface area contributed by atoms with Gasteiger partial charge in [0, 0.05) is 16.8 Å². The molecule has 0 heterocycles. The molecule has 0 unspecified atom stereocenters. The Balaban J connectivity index is 2.00. The number of carbonyl (C=O) groups is 2. The molecule has 0 bridgehead atoms. The van der Waals surface area contributed by atoms with Crippen molar-refractivity contribution >= 4 is 50.8 Å². The van der Waals surface area contributed by atoms with Crippen molar-refractivity contribution in [1.29, 1.82) is 0 Å². The highest BCUT2D eigenvalue weighted by molar-refractivity contribution is 9.10. The van der Waals surface area contributed by atoms with Crippen molar-refractivity contribution in [1.82, 2.24) is 5.32 Å². The summed E-state index contributed by atoms with van der Waals surface area (Å²) in [4.78, 5) is 23.6. The normalized spacial score (nSPS) is 10.4. The van der Waals surface area contributed by atoms with Crippen LogP contribution in [0.25, 0.3) is 0 Å². The molecule has 142 valence electrons. The molecule has 0 radical (unpaired) electrons. The van der Waals surface area contributed by atoms with E-state index >= 15 is 0 Å². The summed E-state index contributed by atoms with van der Waals surface area (Å²) in [5, 5.41) is 5.55. The first-order valence-corrected chi connectivity index (χ1v) is 9.41. The van der Waals surface area contributed by atoms with Gasteiger partial charge in [0.2, 0.25) is 5.91 Å². The minimum Gasteiger partial charge on any atom is -0.492 e. The second-order valence-corrected chi connectivity index (χ2v) is 7.47. The Kier molecular flexibility index (Phi) is 7.32. The molecule has 27 heavy (non-hydrogen) atoms. The van der Waals surface area contributed by atoms with E-state index in [1.54, 1.807) is 42.5 Å².